The molecule has 4 rings (SSSR count). The topological polar surface area (TPSA) is 104 Å². The summed E-state index contributed by atoms with van der Waals surface area (Å²) < 4.78 is 5.42. The molecule has 0 radical (unpaired) electrons. The molecule has 0 aliphatic carbocycles. The van der Waals surface area contributed by atoms with Gasteiger partial charge in [-0.05, 0) is 49.6 Å². The first kappa shape index (κ1) is 24.6. The number of rotatable bonds is 11. The highest BCUT2D eigenvalue weighted by molar-refractivity contribution is 5.68. The fraction of sp³-hybridized carbons (Fsp3) is 0.385. The molecule has 0 spiro atoms. The van der Waals surface area contributed by atoms with Gasteiger partial charge in [0, 0.05) is 25.7 Å². The van der Waals surface area contributed by atoms with Crippen LogP contribution in [0.2, 0.25) is 0 Å². The van der Waals surface area contributed by atoms with Crippen molar-refractivity contribution in [3.63, 3.8) is 0 Å². The van der Waals surface area contributed by atoms with Gasteiger partial charge in [-0.2, -0.15) is 20.1 Å². The molecule has 3 N–H and O–H groups in total. The predicted octanol–water partition coefficient (Wildman–Crippen LogP) is 4.24. The van der Waals surface area contributed by atoms with Crippen molar-refractivity contribution in [1.82, 2.24) is 30.0 Å². The van der Waals surface area contributed by atoms with E-state index in [9.17, 15) is 0 Å². The number of ether oxygens (including phenoxy) is 1. The van der Waals surface area contributed by atoms with E-state index in [2.05, 4.69) is 71.9 Å². The van der Waals surface area contributed by atoms with Gasteiger partial charge in [-0.3, -0.25) is 10.00 Å². The molecule has 3 aromatic rings. The Bertz CT molecular complexity index is 1130. The summed E-state index contributed by atoms with van der Waals surface area (Å²) in [7, 11) is 0. The van der Waals surface area contributed by atoms with Crippen LogP contribution in [-0.4, -0.2) is 69.4 Å². The molecule has 0 atom stereocenters. The summed E-state index contributed by atoms with van der Waals surface area (Å²) >= 11 is 0. The molecule has 0 amide bonds. The second-order valence-electron chi connectivity index (χ2n) is 8.34. The van der Waals surface area contributed by atoms with Gasteiger partial charge >= 0.3 is 0 Å². The van der Waals surface area contributed by atoms with E-state index in [1.54, 1.807) is 0 Å². The molecular weight excluding hydrogens is 440 g/mol. The van der Waals surface area contributed by atoms with E-state index in [1.807, 2.05) is 37.3 Å². The maximum absolute atomic E-state index is 5.42. The summed E-state index contributed by atoms with van der Waals surface area (Å²) in [5, 5.41) is 13.8. The van der Waals surface area contributed by atoms with Gasteiger partial charge in [-0.15, -0.1) is 0 Å². The third-order valence-corrected chi connectivity index (χ3v) is 5.66. The Morgan fingerprint density at radius 1 is 1.06 bits per heavy atom. The first-order valence-electron chi connectivity index (χ1n) is 12.2. The fourth-order valence-corrected chi connectivity index (χ4v) is 3.80. The number of nitrogens with one attached hydrogen (secondary N) is 3. The zero-order valence-electron chi connectivity index (χ0n) is 20.5. The van der Waals surface area contributed by atoms with E-state index >= 15 is 0 Å². The van der Waals surface area contributed by atoms with Gasteiger partial charge in [0.05, 0.1) is 18.9 Å². The van der Waals surface area contributed by atoms with Gasteiger partial charge in [-0.25, -0.2) is 0 Å². The minimum absolute atomic E-state index is 0.441. The molecule has 0 saturated carbocycles. The molecule has 0 bridgehead atoms. The summed E-state index contributed by atoms with van der Waals surface area (Å²) in [6.45, 7) is 9.53. The Balaban J connectivity index is 1.47. The molecule has 1 aromatic carbocycles. The molecule has 0 unspecified atom stereocenters. The standard InChI is InChI=1S/C26H34N8O/c1-3-7-22-19-24(33-32-22)30-26-29-23(11-10-21-9-5-8-20(4-2)18-21)28-25(31-26)27-12-6-13-34-14-16-35-17-15-34/h3,5,7-11,18-19H,4,6,12-17H2,1-2H3,(H3,27,28,29,30,31,32,33)/b7-3+,11-10+. The Labute approximate surface area is 206 Å². The van der Waals surface area contributed by atoms with Crippen LogP contribution < -0.4 is 10.6 Å². The van der Waals surface area contributed by atoms with Gasteiger partial charge in [0.25, 0.3) is 0 Å². The Kier molecular flexibility index (Phi) is 8.97. The maximum Gasteiger partial charge on any atom is 0.233 e. The molecule has 9 nitrogen and oxygen atoms in total. The minimum Gasteiger partial charge on any atom is -0.379 e. The van der Waals surface area contributed by atoms with E-state index in [0.717, 1.165) is 63.5 Å². The molecule has 1 fully saturated rings. The SMILES string of the molecule is C/C=C/c1cc(Nc2nc(/C=C/c3cccc(CC)c3)nc(NCCCN3CCOCC3)n2)n[nH]1. The zero-order valence-corrected chi connectivity index (χ0v) is 20.5. The molecule has 3 heterocycles. The summed E-state index contributed by atoms with van der Waals surface area (Å²) in [4.78, 5) is 16.2. The third kappa shape index (κ3) is 7.73. The number of aromatic amines is 1. The third-order valence-electron chi connectivity index (χ3n) is 5.66. The van der Waals surface area contributed by atoms with E-state index < -0.39 is 0 Å². The minimum atomic E-state index is 0.441. The van der Waals surface area contributed by atoms with Crippen LogP contribution in [0.4, 0.5) is 17.7 Å². The van der Waals surface area contributed by atoms with Crippen molar-refractivity contribution in [2.75, 3.05) is 50.0 Å². The summed E-state index contributed by atoms with van der Waals surface area (Å²) in [5.74, 6) is 2.20. The average Bonchev–Trinajstić information content (AvgIpc) is 3.33. The highest BCUT2D eigenvalue weighted by Gasteiger charge is 2.10. The smallest absolute Gasteiger partial charge is 0.233 e. The van der Waals surface area contributed by atoms with Crippen molar-refractivity contribution >= 4 is 35.9 Å². The summed E-state index contributed by atoms with van der Waals surface area (Å²) in [5.41, 5.74) is 3.31. The fourth-order valence-electron chi connectivity index (χ4n) is 3.80. The van der Waals surface area contributed by atoms with Crippen LogP contribution in [0.5, 0.6) is 0 Å². The largest absolute Gasteiger partial charge is 0.379 e. The van der Waals surface area contributed by atoms with Gasteiger partial charge in [-0.1, -0.05) is 43.3 Å². The second kappa shape index (κ2) is 12.8. The monoisotopic (exact) mass is 474 g/mol. The molecular formula is C26H34N8O. The van der Waals surface area contributed by atoms with Crippen LogP contribution >= 0.6 is 0 Å². The number of hydrogen-bond donors (Lipinski definition) is 3. The maximum atomic E-state index is 5.42. The van der Waals surface area contributed by atoms with Crippen LogP contribution in [0.3, 0.4) is 0 Å². The number of anilines is 3. The molecule has 1 saturated heterocycles. The number of aryl methyl sites for hydroxylation is 1. The van der Waals surface area contributed by atoms with Crippen molar-refractivity contribution in [3.05, 3.63) is 59.1 Å². The molecule has 2 aromatic heterocycles. The number of nitrogens with zero attached hydrogens (tertiary/aromatic N) is 5. The average molecular weight is 475 g/mol. The van der Waals surface area contributed by atoms with Gasteiger partial charge in [0.1, 0.15) is 0 Å². The zero-order chi connectivity index (χ0) is 24.3. The van der Waals surface area contributed by atoms with Crippen molar-refractivity contribution in [2.24, 2.45) is 0 Å². The molecule has 184 valence electrons. The second-order valence-corrected chi connectivity index (χ2v) is 8.34. The molecule has 1 aliphatic heterocycles. The lowest BCUT2D eigenvalue weighted by Crippen LogP contribution is -2.37. The van der Waals surface area contributed by atoms with Crippen molar-refractivity contribution in [1.29, 1.82) is 0 Å². The number of morpholine rings is 1. The summed E-state index contributed by atoms with van der Waals surface area (Å²) in [6, 6.07) is 10.4. The van der Waals surface area contributed by atoms with Crippen molar-refractivity contribution in [2.45, 2.75) is 26.7 Å². The van der Waals surface area contributed by atoms with Gasteiger partial charge < -0.3 is 15.4 Å². The van der Waals surface area contributed by atoms with Crippen LogP contribution in [0.1, 0.15) is 42.9 Å². The van der Waals surface area contributed by atoms with Crippen LogP contribution in [0.25, 0.3) is 18.2 Å². The highest BCUT2D eigenvalue weighted by atomic mass is 16.5. The first-order valence-corrected chi connectivity index (χ1v) is 12.2. The van der Waals surface area contributed by atoms with Gasteiger partial charge in [0.15, 0.2) is 11.6 Å². The lowest BCUT2D eigenvalue weighted by Gasteiger charge is -2.26. The number of hydrogen-bond acceptors (Lipinski definition) is 8. The van der Waals surface area contributed by atoms with E-state index in [-0.39, 0.29) is 0 Å². The number of H-pyrrole nitrogens is 1. The normalized spacial score (nSPS) is 14.7. The quantitative estimate of drug-likeness (QED) is 0.355. The number of allylic oxidation sites excluding steroid dienone is 1. The van der Waals surface area contributed by atoms with E-state index in [0.29, 0.717) is 23.5 Å². The van der Waals surface area contributed by atoms with E-state index in [1.165, 1.54) is 5.56 Å². The number of aromatic nitrogens is 5. The Morgan fingerprint density at radius 3 is 2.74 bits per heavy atom. The number of benzene rings is 1. The van der Waals surface area contributed by atoms with Crippen LogP contribution in [-0.2, 0) is 11.2 Å². The van der Waals surface area contributed by atoms with Crippen LogP contribution in [0.15, 0.2) is 36.4 Å². The van der Waals surface area contributed by atoms with Crippen molar-refractivity contribution < 1.29 is 4.74 Å². The van der Waals surface area contributed by atoms with Gasteiger partial charge in [0.2, 0.25) is 11.9 Å². The first-order chi connectivity index (χ1) is 17.2. The molecule has 9 heteroatoms. The lowest BCUT2D eigenvalue weighted by molar-refractivity contribution is 0.0378. The Hall–Kier alpha value is -3.56. The lowest BCUT2D eigenvalue weighted by atomic mass is 10.1. The molecule has 35 heavy (non-hydrogen) atoms. The van der Waals surface area contributed by atoms with E-state index in [4.69, 9.17) is 4.74 Å². The highest BCUT2D eigenvalue weighted by Crippen LogP contribution is 2.16. The Morgan fingerprint density at radius 2 is 1.91 bits per heavy atom. The predicted molar refractivity (Wildman–Crippen MR) is 142 cm³/mol. The van der Waals surface area contributed by atoms with Crippen LogP contribution in [0, 0.1) is 0 Å². The molecule has 1 aliphatic rings. The van der Waals surface area contributed by atoms with Crippen molar-refractivity contribution in [3.8, 4) is 0 Å². The summed E-state index contributed by atoms with van der Waals surface area (Å²) in [6.07, 6.45) is 9.84.